The monoisotopic (exact) mass is 264 g/mol. The minimum atomic E-state index is -0.167. The number of nitrogens with zero attached hydrogens (tertiary/aromatic N) is 1. The lowest BCUT2D eigenvalue weighted by atomic mass is 9.84. The smallest absolute Gasteiger partial charge is 0.137 e. The van der Waals surface area contributed by atoms with Crippen LogP contribution in [0.2, 0.25) is 0 Å². The maximum atomic E-state index is 6.04. The third-order valence-electron chi connectivity index (χ3n) is 3.78. The Labute approximate surface area is 115 Å². The molecule has 2 unspecified atom stereocenters. The first-order chi connectivity index (χ1) is 9.19. The molecule has 1 aromatic heterocycles. The fourth-order valence-corrected chi connectivity index (χ4v) is 2.85. The van der Waals surface area contributed by atoms with Gasteiger partial charge in [0.05, 0.1) is 24.4 Å². The molecule has 2 atom stereocenters. The van der Waals surface area contributed by atoms with E-state index in [1.54, 1.807) is 6.20 Å². The second-order valence-corrected chi connectivity index (χ2v) is 5.23. The second kappa shape index (κ2) is 6.35. The molecule has 2 heterocycles. The van der Waals surface area contributed by atoms with Gasteiger partial charge in [0.15, 0.2) is 0 Å². The van der Waals surface area contributed by atoms with Crippen molar-refractivity contribution in [2.45, 2.75) is 44.8 Å². The molecule has 1 aliphatic heterocycles. The largest absolute Gasteiger partial charge is 0.492 e. The molecule has 0 amide bonds. The summed E-state index contributed by atoms with van der Waals surface area (Å²) in [5, 5.41) is 3.38. The van der Waals surface area contributed by atoms with Crippen molar-refractivity contribution in [3.05, 3.63) is 24.0 Å². The SMILES string of the molecule is CCOc1cncc(C(NC)C2(C)CCCCO2)c1. The molecule has 4 nitrogen and oxygen atoms in total. The quantitative estimate of drug-likeness (QED) is 0.888. The summed E-state index contributed by atoms with van der Waals surface area (Å²) in [6.45, 7) is 5.66. The molecule has 1 aromatic rings. The molecule has 0 bridgehead atoms. The van der Waals surface area contributed by atoms with Gasteiger partial charge in [-0.05, 0) is 51.8 Å². The molecule has 0 aliphatic carbocycles. The average Bonchev–Trinajstić information content (AvgIpc) is 2.41. The van der Waals surface area contributed by atoms with Crippen molar-refractivity contribution < 1.29 is 9.47 Å². The third-order valence-corrected chi connectivity index (χ3v) is 3.78. The number of hydrogen-bond acceptors (Lipinski definition) is 4. The van der Waals surface area contributed by atoms with E-state index in [4.69, 9.17) is 9.47 Å². The molecule has 1 aliphatic rings. The van der Waals surface area contributed by atoms with E-state index in [1.807, 2.05) is 20.2 Å². The normalized spacial score (nSPS) is 25.0. The Balaban J connectivity index is 2.22. The summed E-state index contributed by atoms with van der Waals surface area (Å²) >= 11 is 0. The van der Waals surface area contributed by atoms with E-state index >= 15 is 0 Å². The standard InChI is InChI=1S/C15H24N2O2/c1-4-18-13-9-12(10-17-11-13)14(16-3)15(2)7-5-6-8-19-15/h9-11,14,16H,4-8H2,1-3H3. The zero-order valence-electron chi connectivity index (χ0n) is 12.1. The lowest BCUT2D eigenvalue weighted by Gasteiger charge is -2.40. The van der Waals surface area contributed by atoms with Crippen LogP contribution in [0.4, 0.5) is 0 Å². The van der Waals surface area contributed by atoms with E-state index in [0.717, 1.165) is 30.8 Å². The number of likely N-dealkylation sites (N-methyl/N-ethyl adjacent to an activating group) is 1. The molecule has 4 heteroatoms. The number of aromatic nitrogens is 1. The van der Waals surface area contributed by atoms with Crippen LogP contribution < -0.4 is 10.1 Å². The predicted molar refractivity (Wildman–Crippen MR) is 75.4 cm³/mol. The number of nitrogens with one attached hydrogen (secondary N) is 1. The minimum absolute atomic E-state index is 0.140. The first kappa shape index (κ1) is 14.3. The topological polar surface area (TPSA) is 43.4 Å². The molecule has 2 rings (SSSR count). The highest BCUT2D eigenvalue weighted by molar-refractivity contribution is 5.28. The summed E-state index contributed by atoms with van der Waals surface area (Å²) in [6, 6.07) is 2.20. The highest BCUT2D eigenvalue weighted by Gasteiger charge is 2.37. The van der Waals surface area contributed by atoms with E-state index in [2.05, 4.69) is 23.3 Å². The van der Waals surface area contributed by atoms with Gasteiger partial charge in [0.2, 0.25) is 0 Å². The highest BCUT2D eigenvalue weighted by atomic mass is 16.5. The molecule has 1 N–H and O–H groups in total. The van der Waals surface area contributed by atoms with E-state index < -0.39 is 0 Å². The van der Waals surface area contributed by atoms with E-state index in [1.165, 1.54) is 6.42 Å². The van der Waals surface area contributed by atoms with Crippen molar-refractivity contribution in [2.24, 2.45) is 0 Å². The van der Waals surface area contributed by atoms with Gasteiger partial charge in [-0.25, -0.2) is 0 Å². The van der Waals surface area contributed by atoms with Gasteiger partial charge in [0.25, 0.3) is 0 Å². The predicted octanol–water partition coefficient (Wildman–Crippen LogP) is 2.70. The lowest BCUT2D eigenvalue weighted by molar-refractivity contribution is -0.0885. The number of rotatable bonds is 5. The van der Waals surface area contributed by atoms with Crippen LogP contribution in [0.5, 0.6) is 5.75 Å². The second-order valence-electron chi connectivity index (χ2n) is 5.23. The fraction of sp³-hybridized carbons (Fsp3) is 0.667. The number of pyridine rings is 1. The van der Waals surface area contributed by atoms with Crippen molar-refractivity contribution in [1.82, 2.24) is 10.3 Å². The molecular formula is C15H24N2O2. The highest BCUT2D eigenvalue weighted by Crippen LogP contribution is 2.36. The van der Waals surface area contributed by atoms with Crippen LogP contribution in [-0.4, -0.2) is 30.8 Å². The molecule has 0 radical (unpaired) electrons. The Morgan fingerprint density at radius 1 is 1.47 bits per heavy atom. The van der Waals surface area contributed by atoms with Gasteiger partial charge in [-0.3, -0.25) is 4.98 Å². The molecule has 1 fully saturated rings. The summed E-state index contributed by atoms with van der Waals surface area (Å²) in [6.07, 6.45) is 7.09. The fourth-order valence-electron chi connectivity index (χ4n) is 2.85. The van der Waals surface area contributed by atoms with Gasteiger partial charge < -0.3 is 14.8 Å². The Morgan fingerprint density at radius 2 is 2.32 bits per heavy atom. The minimum Gasteiger partial charge on any atom is -0.492 e. The molecule has 0 spiro atoms. The summed E-state index contributed by atoms with van der Waals surface area (Å²) in [5.41, 5.74) is 0.956. The van der Waals surface area contributed by atoms with Crippen LogP contribution in [0.15, 0.2) is 18.5 Å². The maximum absolute atomic E-state index is 6.04. The zero-order valence-corrected chi connectivity index (χ0v) is 12.1. The first-order valence-electron chi connectivity index (χ1n) is 7.08. The summed E-state index contributed by atoms with van der Waals surface area (Å²) in [7, 11) is 1.97. The van der Waals surface area contributed by atoms with Crippen LogP contribution >= 0.6 is 0 Å². The van der Waals surface area contributed by atoms with Gasteiger partial charge >= 0.3 is 0 Å². The summed E-state index contributed by atoms with van der Waals surface area (Å²) in [5.74, 6) is 0.819. The van der Waals surface area contributed by atoms with Gasteiger partial charge in [0, 0.05) is 12.8 Å². The first-order valence-corrected chi connectivity index (χ1v) is 7.08. The third kappa shape index (κ3) is 3.25. The molecule has 0 aromatic carbocycles. The number of hydrogen-bond donors (Lipinski definition) is 1. The summed E-state index contributed by atoms with van der Waals surface area (Å²) in [4.78, 5) is 4.28. The van der Waals surface area contributed by atoms with Crippen molar-refractivity contribution in [1.29, 1.82) is 0 Å². The molecule has 0 saturated carbocycles. The summed E-state index contributed by atoms with van der Waals surface area (Å²) < 4.78 is 11.6. The Bertz CT molecular complexity index is 403. The van der Waals surface area contributed by atoms with Crippen LogP contribution in [0, 0.1) is 0 Å². The molecule has 19 heavy (non-hydrogen) atoms. The molecule has 1 saturated heterocycles. The van der Waals surface area contributed by atoms with Crippen molar-refractivity contribution in [2.75, 3.05) is 20.3 Å². The van der Waals surface area contributed by atoms with Crippen LogP contribution in [0.3, 0.4) is 0 Å². The molecular weight excluding hydrogens is 240 g/mol. The number of ether oxygens (including phenoxy) is 2. The van der Waals surface area contributed by atoms with Crippen LogP contribution in [0.1, 0.15) is 44.7 Å². The van der Waals surface area contributed by atoms with Crippen molar-refractivity contribution >= 4 is 0 Å². The van der Waals surface area contributed by atoms with Crippen molar-refractivity contribution in [3.63, 3.8) is 0 Å². The van der Waals surface area contributed by atoms with Gasteiger partial charge in [-0.15, -0.1) is 0 Å². The van der Waals surface area contributed by atoms with E-state index in [9.17, 15) is 0 Å². The van der Waals surface area contributed by atoms with Gasteiger partial charge in [-0.2, -0.15) is 0 Å². The van der Waals surface area contributed by atoms with Crippen LogP contribution in [0.25, 0.3) is 0 Å². The van der Waals surface area contributed by atoms with Gasteiger partial charge in [0.1, 0.15) is 5.75 Å². The maximum Gasteiger partial charge on any atom is 0.137 e. The average molecular weight is 264 g/mol. The molecule has 106 valence electrons. The Hall–Kier alpha value is -1.13. The Kier molecular flexibility index (Phi) is 4.77. The van der Waals surface area contributed by atoms with Crippen LogP contribution in [-0.2, 0) is 4.74 Å². The van der Waals surface area contributed by atoms with Crippen molar-refractivity contribution in [3.8, 4) is 5.75 Å². The van der Waals surface area contributed by atoms with E-state index in [0.29, 0.717) is 6.61 Å². The Morgan fingerprint density at radius 3 is 2.95 bits per heavy atom. The zero-order chi connectivity index (χ0) is 13.7. The van der Waals surface area contributed by atoms with E-state index in [-0.39, 0.29) is 11.6 Å². The van der Waals surface area contributed by atoms with Gasteiger partial charge in [-0.1, -0.05) is 0 Å². The lowest BCUT2D eigenvalue weighted by Crippen LogP contribution is -2.44.